The smallest absolute Gasteiger partial charge is 0.254 e. The number of ether oxygens (including phenoxy) is 2. The van der Waals surface area contributed by atoms with Gasteiger partial charge < -0.3 is 14.5 Å². The molecule has 10 heteroatoms. The minimum absolute atomic E-state index is 0.0919. The second-order valence-electron chi connectivity index (χ2n) is 7.48. The summed E-state index contributed by atoms with van der Waals surface area (Å²) in [7, 11) is -3.74. The first-order chi connectivity index (χ1) is 14.8. The Morgan fingerprint density at radius 3 is 2.68 bits per heavy atom. The van der Waals surface area contributed by atoms with Crippen LogP contribution in [-0.4, -0.2) is 69.3 Å². The maximum atomic E-state index is 12.9. The van der Waals surface area contributed by atoms with E-state index in [-0.39, 0.29) is 16.3 Å². The van der Waals surface area contributed by atoms with Gasteiger partial charge in [-0.15, -0.1) is 0 Å². The average molecular weight is 451 g/mol. The third-order valence-corrected chi connectivity index (χ3v) is 6.66. The van der Waals surface area contributed by atoms with Crippen molar-refractivity contribution in [3.8, 4) is 17.1 Å². The fourth-order valence-corrected chi connectivity index (χ4v) is 4.26. The monoisotopic (exact) mass is 450 g/mol. The predicted octanol–water partition coefficient (Wildman–Crippen LogP) is 1.45. The molecule has 31 heavy (non-hydrogen) atoms. The normalized spacial score (nSPS) is 15.2. The van der Waals surface area contributed by atoms with Crippen LogP contribution in [0.3, 0.4) is 0 Å². The highest BCUT2D eigenvalue weighted by Crippen LogP contribution is 2.30. The summed E-state index contributed by atoms with van der Waals surface area (Å²) < 4.78 is 39.5. The van der Waals surface area contributed by atoms with E-state index in [9.17, 15) is 13.2 Å². The molecule has 2 aromatic rings. The number of hydrogen-bond donors (Lipinski definition) is 2. The Kier molecular flexibility index (Phi) is 7.82. The van der Waals surface area contributed by atoms with E-state index in [1.165, 1.54) is 12.1 Å². The van der Waals surface area contributed by atoms with Crippen LogP contribution < -0.4 is 15.0 Å². The van der Waals surface area contributed by atoms with Crippen LogP contribution in [0.2, 0.25) is 0 Å². The number of aromatic nitrogens is 2. The molecule has 9 nitrogen and oxygen atoms in total. The van der Waals surface area contributed by atoms with Crippen LogP contribution in [-0.2, 0) is 14.8 Å². The van der Waals surface area contributed by atoms with Gasteiger partial charge in [0.15, 0.2) is 0 Å². The first-order valence-corrected chi connectivity index (χ1v) is 11.9. The van der Waals surface area contributed by atoms with Gasteiger partial charge in [0, 0.05) is 37.4 Å². The van der Waals surface area contributed by atoms with Crippen molar-refractivity contribution in [1.29, 1.82) is 0 Å². The lowest BCUT2D eigenvalue weighted by Gasteiger charge is -2.26. The predicted molar refractivity (Wildman–Crippen MR) is 118 cm³/mol. The van der Waals surface area contributed by atoms with E-state index in [1.807, 2.05) is 6.92 Å². The van der Waals surface area contributed by atoms with Gasteiger partial charge in [-0.25, -0.2) is 18.1 Å². The molecule has 170 valence electrons. The Bertz CT molecular complexity index is 1060. The van der Waals surface area contributed by atoms with Gasteiger partial charge in [0.05, 0.1) is 30.3 Å². The molecule has 0 amide bonds. The maximum absolute atomic E-state index is 12.9. The number of nitrogens with zero attached hydrogens (tertiary/aromatic N) is 2. The fourth-order valence-electron chi connectivity index (χ4n) is 3.22. The Morgan fingerprint density at radius 2 is 2.00 bits per heavy atom. The van der Waals surface area contributed by atoms with Crippen molar-refractivity contribution in [2.75, 3.05) is 46.0 Å². The molecular formula is C21H30N4O5S. The van der Waals surface area contributed by atoms with Gasteiger partial charge in [0.2, 0.25) is 10.0 Å². The fraction of sp³-hybridized carbons (Fsp3) is 0.524. The van der Waals surface area contributed by atoms with Crippen LogP contribution in [0.1, 0.15) is 24.6 Å². The van der Waals surface area contributed by atoms with Crippen molar-refractivity contribution in [3.05, 3.63) is 39.8 Å². The molecule has 1 aliphatic heterocycles. The zero-order valence-corrected chi connectivity index (χ0v) is 19.0. The van der Waals surface area contributed by atoms with Crippen LogP contribution >= 0.6 is 0 Å². The maximum Gasteiger partial charge on any atom is 0.254 e. The van der Waals surface area contributed by atoms with E-state index in [4.69, 9.17) is 9.47 Å². The summed E-state index contributed by atoms with van der Waals surface area (Å²) >= 11 is 0. The Labute approximate surface area is 182 Å². The number of morpholine rings is 1. The zero-order valence-electron chi connectivity index (χ0n) is 18.2. The number of hydrogen-bond acceptors (Lipinski definition) is 7. The van der Waals surface area contributed by atoms with Crippen molar-refractivity contribution in [2.24, 2.45) is 0 Å². The van der Waals surface area contributed by atoms with Crippen molar-refractivity contribution >= 4 is 10.0 Å². The lowest BCUT2D eigenvalue weighted by molar-refractivity contribution is 0.0390. The molecular weight excluding hydrogens is 420 g/mol. The van der Waals surface area contributed by atoms with Crippen LogP contribution in [0.4, 0.5) is 0 Å². The van der Waals surface area contributed by atoms with Crippen molar-refractivity contribution < 1.29 is 17.9 Å². The van der Waals surface area contributed by atoms with Crippen LogP contribution in [0.5, 0.6) is 5.75 Å². The molecule has 2 heterocycles. The largest absolute Gasteiger partial charge is 0.493 e. The molecule has 1 aromatic carbocycles. The standard InChI is InChI=1S/C21H30N4O5S/c1-4-11-30-19-6-5-17(14-18(19)20-23-16(3)15(2)21(26)24-20)31(27,28)22-7-8-25-9-12-29-13-10-25/h5-6,14,22H,4,7-13H2,1-3H3,(H,23,24,26). The molecule has 0 aliphatic carbocycles. The van der Waals surface area contributed by atoms with E-state index in [0.717, 1.165) is 19.5 Å². The first kappa shape index (κ1) is 23.4. The summed E-state index contributed by atoms with van der Waals surface area (Å²) in [5.74, 6) is 0.755. The number of rotatable bonds is 9. The van der Waals surface area contributed by atoms with Gasteiger partial charge in [-0.05, 0) is 38.5 Å². The van der Waals surface area contributed by atoms with E-state index in [1.54, 1.807) is 19.9 Å². The number of nitrogens with one attached hydrogen (secondary N) is 2. The van der Waals surface area contributed by atoms with Gasteiger partial charge >= 0.3 is 0 Å². The lowest BCUT2D eigenvalue weighted by atomic mass is 10.1. The number of aromatic amines is 1. The summed E-state index contributed by atoms with van der Waals surface area (Å²) in [6.07, 6.45) is 0.791. The first-order valence-electron chi connectivity index (χ1n) is 10.5. The molecule has 2 N–H and O–H groups in total. The Hall–Kier alpha value is -2.27. The average Bonchev–Trinajstić information content (AvgIpc) is 2.76. The number of sulfonamides is 1. The van der Waals surface area contributed by atoms with Gasteiger partial charge in [0.1, 0.15) is 11.6 Å². The highest BCUT2D eigenvalue weighted by atomic mass is 32.2. The molecule has 0 unspecified atom stereocenters. The van der Waals surface area contributed by atoms with Gasteiger partial charge in [-0.2, -0.15) is 0 Å². The SMILES string of the molecule is CCCOc1ccc(S(=O)(=O)NCCN2CCOCC2)cc1-c1nc(C)c(C)c(=O)[nH]1. The molecule has 0 bridgehead atoms. The summed E-state index contributed by atoms with van der Waals surface area (Å²) in [6, 6.07) is 4.61. The Balaban J connectivity index is 1.87. The molecule has 1 fully saturated rings. The molecule has 0 saturated carbocycles. The van der Waals surface area contributed by atoms with Crippen LogP contribution in [0, 0.1) is 13.8 Å². The second kappa shape index (κ2) is 10.4. The van der Waals surface area contributed by atoms with Crippen LogP contribution in [0.25, 0.3) is 11.4 Å². The van der Waals surface area contributed by atoms with E-state index < -0.39 is 10.0 Å². The van der Waals surface area contributed by atoms with E-state index in [0.29, 0.717) is 55.5 Å². The molecule has 0 atom stereocenters. The third-order valence-electron chi connectivity index (χ3n) is 5.20. The van der Waals surface area contributed by atoms with E-state index >= 15 is 0 Å². The highest BCUT2D eigenvalue weighted by Gasteiger charge is 2.20. The second-order valence-corrected chi connectivity index (χ2v) is 9.25. The number of H-pyrrole nitrogens is 1. The lowest BCUT2D eigenvalue weighted by Crippen LogP contribution is -2.41. The minimum atomic E-state index is -3.74. The summed E-state index contributed by atoms with van der Waals surface area (Å²) in [6.45, 7) is 9.70. The number of aryl methyl sites for hydroxylation is 1. The molecule has 1 aliphatic rings. The van der Waals surface area contributed by atoms with Crippen LogP contribution in [0.15, 0.2) is 27.9 Å². The Morgan fingerprint density at radius 1 is 1.26 bits per heavy atom. The summed E-state index contributed by atoms with van der Waals surface area (Å²) in [4.78, 5) is 21.7. The molecule has 0 spiro atoms. The topological polar surface area (TPSA) is 114 Å². The van der Waals surface area contributed by atoms with Crippen molar-refractivity contribution in [2.45, 2.75) is 32.1 Å². The number of benzene rings is 1. The third kappa shape index (κ3) is 5.91. The zero-order chi connectivity index (χ0) is 22.4. The molecule has 3 rings (SSSR count). The van der Waals surface area contributed by atoms with Crippen molar-refractivity contribution in [1.82, 2.24) is 19.6 Å². The summed E-state index contributed by atoms with van der Waals surface area (Å²) in [5.41, 5.74) is 1.27. The van der Waals surface area contributed by atoms with E-state index in [2.05, 4.69) is 19.6 Å². The summed E-state index contributed by atoms with van der Waals surface area (Å²) in [5, 5.41) is 0. The highest BCUT2D eigenvalue weighted by molar-refractivity contribution is 7.89. The van der Waals surface area contributed by atoms with Gasteiger partial charge in [-0.1, -0.05) is 6.92 Å². The minimum Gasteiger partial charge on any atom is -0.493 e. The molecule has 0 radical (unpaired) electrons. The quantitative estimate of drug-likeness (QED) is 0.594. The van der Waals surface area contributed by atoms with Crippen molar-refractivity contribution in [3.63, 3.8) is 0 Å². The molecule has 1 aromatic heterocycles. The molecule has 1 saturated heterocycles. The van der Waals surface area contributed by atoms with Gasteiger partial charge in [-0.3, -0.25) is 9.69 Å². The van der Waals surface area contributed by atoms with Gasteiger partial charge in [0.25, 0.3) is 5.56 Å².